The first-order valence-corrected chi connectivity index (χ1v) is 12.7. The number of hydrogen-bond acceptors (Lipinski definition) is 6. The van der Waals surface area contributed by atoms with Crippen LogP contribution in [0.1, 0.15) is 30.7 Å². The van der Waals surface area contributed by atoms with Crippen LogP contribution in [0.25, 0.3) is 11.4 Å². The number of rotatable bonds is 9. The molecule has 1 aromatic heterocycles. The van der Waals surface area contributed by atoms with E-state index in [-0.39, 0.29) is 11.8 Å². The van der Waals surface area contributed by atoms with Gasteiger partial charge in [-0.15, -0.1) is 11.8 Å². The van der Waals surface area contributed by atoms with Crippen molar-refractivity contribution in [1.82, 2.24) is 20.4 Å². The first-order valence-electron chi connectivity index (χ1n) is 11.3. The van der Waals surface area contributed by atoms with Gasteiger partial charge in [-0.1, -0.05) is 46.6 Å². The summed E-state index contributed by atoms with van der Waals surface area (Å²) in [5, 5.41) is 7.84. The number of hydrogen-bond donors (Lipinski definition) is 1. The lowest BCUT2D eigenvalue weighted by molar-refractivity contribution is -0.126. The number of likely N-dealkylation sites (tertiary alicyclic amines) is 1. The SMILES string of the molecule is Cc1ccc(SCCCNC(=O)C2CCCN(Cc3nc(-c4cccc(Cl)c4)no3)C2)cc1. The molecule has 1 aliphatic rings. The number of aromatic nitrogens is 2. The molecule has 1 atom stereocenters. The van der Waals surface area contributed by atoms with Crippen molar-refractivity contribution >= 4 is 29.3 Å². The number of benzene rings is 2. The molecule has 0 aliphatic carbocycles. The first-order chi connectivity index (χ1) is 16.1. The Morgan fingerprint density at radius 2 is 2.12 bits per heavy atom. The Bertz CT molecular complexity index is 1060. The number of aryl methyl sites for hydroxylation is 1. The molecular formula is C25H29ClN4O2S. The second kappa shape index (κ2) is 11.7. The van der Waals surface area contributed by atoms with E-state index >= 15 is 0 Å². The maximum absolute atomic E-state index is 12.7. The number of carbonyl (C=O) groups excluding carboxylic acids is 1. The molecule has 1 saturated heterocycles. The van der Waals surface area contributed by atoms with E-state index < -0.39 is 0 Å². The quantitative estimate of drug-likeness (QED) is 0.332. The number of thioether (sulfide) groups is 1. The van der Waals surface area contributed by atoms with Crippen LogP contribution in [0.2, 0.25) is 5.02 Å². The van der Waals surface area contributed by atoms with Gasteiger partial charge < -0.3 is 9.84 Å². The number of amides is 1. The number of carbonyl (C=O) groups is 1. The highest BCUT2D eigenvalue weighted by atomic mass is 35.5. The zero-order chi connectivity index (χ0) is 23.0. The number of nitrogens with zero attached hydrogens (tertiary/aromatic N) is 3. The van der Waals surface area contributed by atoms with Gasteiger partial charge in [0, 0.05) is 28.6 Å². The zero-order valence-electron chi connectivity index (χ0n) is 18.8. The molecule has 0 saturated carbocycles. The van der Waals surface area contributed by atoms with Gasteiger partial charge in [0.2, 0.25) is 17.6 Å². The van der Waals surface area contributed by atoms with Gasteiger partial charge >= 0.3 is 0 Å². The fraction of sp³-hybridized carbons (Fsp3) is 0.400. The van der Waals surface area contributed by atoms with E-state index in [1.165, 1.54) is 10.5 Å². The van der Waals surface area contributed by atoms with E-state index in [0.717, 1.165) is 37.1 Å². The van der Waals surface area contributed by atoms with Gasteiger partial charge in [0.25, 0.3) is 0 Å². The van der Waals surface area contributed by atoms with Crippen LogP contribution in [0.5, 0.6) is 0 Å². The molecule has 2 heterocycles. The van der Waals surface area contributed by atoms with E-state index in [0.29, 0.717) is 36.4 Å². The van der Waals surface area contributed by atoms with Crippen molar-refractivity contribution in [3.8, 4) is 11.4 Å². The van der Waals surface area contributed by atoms with Crippen molar-refractivity contribution in [2.24, 2.45) is 5.92 Å². The normalized spacial score (nSPS) is 16.6. The summed E-state index contributed by atoms with van der Waals surface area (Å²) < 4.78 is 5.44. The van der Waals surface area contributed by atoms with Crippen LogP contribution in [-0.4, -0.2) is 46.3 Å². The fourth-order valence-corrected chi connectivity index (χ4v) is 4.96. The summed E-state index contributed by atoms with van der Waals surface area (Å²) in [5.41, 5.74) is 2.10. The third-order valence-electron chi connectivity index (χ3n) is 5.70. The Balaban J connectivity index is 1.19. The molecule has 0 bridgehead atoms. The molecule has 1 amide bonds. The Morgan fingerprint density at radius 3 is 2.94 bits per heavy atom. The van der Waals surface area contributed by atoms with Gasteiger partial charge in [-0.05, 0) is 62.7 Å². The molecule has 3 aromatic rings. The van der Waals surface area contributed by atoms with Gasteiger partial charge in [-0.25, -0.2) is 0 Å². The molecular weight excluding hydrogens is 456 g/mol. The van der Waals surface area contributed by atoms with Crippen LogP contribution in [0, 0.1) is 12.8 Å². The van der Waals surface area contributed by atoms with E-state index in [2.05, 4.69) is 51.5 Å². The third-order valence-corrected chi connectivity index (χ3v) is 7.03. The van der Waals surface area contributed by atoms with Crippen LogP contribution in [-0.2, 0) is 11.3 Å². The number of piperidine rings is 1. The fourth-order valence-electron chi connectivity index (χ4n) is 3.92. The van der Waals surface area contributed by atoms with Crippen LogP contribution < -0.4 is 5.32 Å². The summed E-state index contributed by atoms with van der Waals surface area (Å²) in [4.78, 5) is 20.7. The highest BCUT2D eigenvalue weighted by molar-refractivity contribution is 7.99. The lowest BCUT2D eigenvalue weighted by Crippen LogP contribution is -2.43. The van der Waals surface area contributed by atoms with Crippen molar-refractivity contribution in [2.75, 3.05) is 25.4 Å². The maximum atomic E-state index is 12.7. The van der Waals surface area contributed by atoms with E-state index in [9.17, 15) is 4.79 Å². The molecule has 1 unspecified atom stereocenters. The topological polar surface area (TPSA) is 71.3 Å². The van der Waals surface area contributed by atoms with Gasteiger partial charge in [-0.2, -0.15) is 4.98 Å². The van der Waals surface area contributed by atoms with Crippen LogP contribution >= 0.6 is 23.4 Å². The van der Waals surface area contributed by atoms with Crippen molar-refractivity contribution in [1.29, 1.82) is 0 Å². The smallest absolute Gasteiger partial charge is 0.241 e. The monoisotopic (exact) mass is 484 g/mol. The lowest BCUT2D eigenvalue weighted by atomic mass is 9.97. The van der Waals surface area contributed by atoms with E-state index in [1.807, 2.05) is 36.0 Å². The van der Waals surface area contributed by atoms with Gasteiger partial charge in [0.05, 0.1) is 12.5 Å². The molecule has 8 heteroatoms. The Labute approximate surface area is 204 Å². The minimum Gasteiger partial charge on any atom is -0.356 e. The van der Waals surface area contributed by atoms with Crippen molar-refractivity contribution < 1.29 is 9.32 Å². The van der Waals surface area contributed by atoms with Gasteiger partial charge in [0.1, 0.15) is 0 Å². The summed E-state index contributed by atoms with van der Waals surface area (Å²) in [5.74, 6) is 2.22. The first kappa shape index (κ1) is 23.8. The van der Waals surface area contributed by atoms with Crippen molar-refractivity contribution in [3.63, 3.8) is 0 Å². The third kappa shape index (κ3) is 7.06. The molecule has 0 radical (unpaired) electrons. The zero-order valence-corrected chi connectivity index (χ0v) is 20.4. The minimum atomic E-state index is -0.00109. The predicted molar refractivity (Wildman–Crippen MR) is 132 cm³/mol. The molecule has 33 heavy (non-hydrogen) atoms. The van der Waals surface area contributed by atoms with Crippen LogP contribution in [0.4, 0.5) is 0 Å². The van der Waals surface area contributed by atoms with Gasteiger partial charge in [-0.3, -0.25) is 9.69 Å². The molecule has 0 spiro atoms. The molecule has 1 N–H and O–H groups in total. The lowest BCUT2D eigenvalue weighted by Gasteiger charge is -2.30. The molecule has 4 rings (SSSR count). The van der Waals surface area contributed by atoms with E-state index in [1.54, 1.807) is 0 Å². The predicted octanol–water partition coefficient (Wildman–Crippen LogP) is 5.21. The molecule has 174 valence electrons. The Kier molecular flexibility index (Phi) is 8.42. The largest absolute Gasteiger partial charge is 0.356 e. The maximum Gasteiger partial charge on any atom is 0.241 e. The average molecular weight is 485 g/mol. The summed E-state index contributed by atoms with van der Waals surface area (Å²) in [6, 6.07) is 16.0. The average Bonchev–Trinajstić information content (AvgIpc) is 3.28. The standard InChI is InChI=1S/C25H29ClN4O2S/c1-18-8-10-22(11-9-18)33-14-4-12-27-25(31)20-6-3-13-30(16-20)17-23-28-24(29-32-23)19-5-2-7-21(26)15-19/h2,5,7-11,15,20H,3-4,6,12-14,16-17H2,1H3,(H,27,31). The van der Waals surface area contributed by atoms with E-state index in [4.69, 9.17) is 16.1 Å². The molecule has 1 fully saturated rings. The summed E-state index contributed by atoms with van der Waals surface area (Å²) in [7, 11) is 0. The highest BCUT2D eigenvalue weighted by Crippen LogP contribution is 2.22. The number of nitrogens with one attached hydrogen (secondary N) is 1. The van der Waals surface area contributed by atoms with Gasteiger partial charge in [0.15, 0.2) is 0 Å². The Hall–Kier alpha value is -2.35. The second-order valence-corrected chi connectivity index (χ2v) is 10.0. The Morgan fingerprint density at radius 1 is 1.27 bits per heavy atom. The molecule has 2 aromatic carbocycles. The van der Waals surface area contributed by atoms with Crippen molar-refractivity contribution in [3.05, 3.63) is 65.0 Å². The van der Waals surface area contributed by atoms with Crippen LogP contribution in [0.15, 0.2) is 57.9 Å². The van der Waals surface area contributed by atoms with Crippen LogP contribution in [0.3, 0.4) is 0 Å². The highest BCUT2D eigenvalue weighted by Gasteiger charge is 2.26. The summed E-state index contributed by atoms with van der Waals surface area (Å²) >= 11 is 7.89. The minimum absolute atomic E-state index is 0.00109. The van der Waals surface area contributed by atoms with Crippen molar-refractivity contribution in [2.45, 2.75) is 37.6 Å². The number of halogens is 1. The summed E-state index contributed by atoms with van der Waals surface area (Å²) in [6.45, 7) is 4.98. The molecule has 6 nitrogen and oxygen atoms in total. The summed E-state index contributed by atoms with van der Waals surface area (Å²) in [6.07, 6.45) is 2.85. The second-order valence-electron chi connectivity index (χ2n) is 8.40. The molecule has 1 aliphatic heterocycles.